The lowest BCUT2D eigenvalue weighted by molar-refractivity contribution is 0.283. The molecule has 2 atom stereocenters. The maximum atomic E-state index is 3.72. The van der Waals surface area contributed by atoms with Crippen LogP contribution in [0.1, 0.15) is 37.0 Å². The Balaban J connectivity index is 1.35. The number of halogens is 1. The molecule has 0 aliphatic carbocycles. The van der Waals surface area contributed by atoms with E-state index in [2.05, 4.69) is 38.7 Å². The van der Waals surface area contributed by atoms with Crippen molar-refractivity contribution in [1.29, 1.82) is 0 Å². The highest BCUT2D eigenvalue weighted by atomic mass is 79.9. The monoisotopic (exact) mass is 328 g/mol. The van der Waals surface area contributed by atoms with E-state index in [1.165, 1.54) is 47.3 Å². The van der Waals surface area contributed by atoms with Crippen LogP contribution in [-0.2, 0) is 6.54 Å². The van der Waals surface area contributed by atoms with Gasteiger partial charge in [-0.3, -0.25) is 0 Å². The van der Waals surface area contributed by atoms with Crippen molar-refractivity contribution in [2.24, 2.45) is 5.92 Å². The maximum absolute atomic E-state index is 3.72. The molecule has 2 bridgehead atoms. The molecule has 1 aromatic heterocycles. The average Bonchev–Trinajstić information content (AvgIpc) is 2.91. The summed E-state index contributed by atoms with van der Waals surface area (Å²) in [7, 11) is 0. The maximum Gasteiger partial charge on any atom is 0.0701 e. The van der Waals surface area contributed by atoms with Gasteiger partial charge in [-0.25, -0.2) is 0 Å². The number of piperidine rings is 1. The van der Waals surface area contributed by atoms with E-state index in [4.69, 9.17) is 0 Å². The predicted octanol–water partition coefficient (Wildman–Crippen LogP) is 3.52. The Morgan fingerprint density at radius 2 is 2.06 bits per heavy atom. The van der Waals surface area contributed by atoms with Crippen molar-refractivity contribution in [2.75, 3.05) is 6.54 Å². The summed E-state index contributed by atoms with van der Waals surface area (Å²) < 4.78 is 1.23. The van der Waals surface area contributed by atoms with Gasteiger partial charge in [0.05, 0.1) is 3.79 Å². The highest BCUT2D eigenvalue weighted by molar-refractivity contribution is 9.11. The first-order valence-corrected chi connectivity index (χ1v) is 8.61. The van der Waals surface area contributed by atoms with E-state index >= 15 is 0 Å². The molecule has 0 spiro atoms. The zero-order valence-electron chi connectivity index (χ0n) is 10.6. The molecule has 0 saturated carbocycles. The molecule has 3 rings (SSSR count). The van der Waals surface area contributed by atoms with E-state index in [0.29, 0.717) is 0 Å². The van der Waals surface area contributed by atoms with Crippen LogP contribution >= 0.6 is 27.3 Å². The van der Waals surface area contributed by atoms with Crippen molar-refractivity contribution in [3.05, 3.63) is 20.8 Å². The molecule has 4 heteroatoms. The van der Waals surface area contributed by atoms with Gasteiger partial charge in [0.1, 0.15) is 0 Å². The van der Waals surface area contributed by atoms with Gasteiger partial charge >= 0.3 is 0 Å². The fourth-order valence-corrected chi connectivity index (χ4v) is 4.83. The summed E-state index contributed by atoms with van der Waals surface area (Å²) in [6.07, 6.45) is 6.99. The molecule has 2 aliphatic heterocycles. The van der Waals surface area contributed by atoms with Crippen LogP contribution in [0.5, 0.6) is 0 Å². The van der Waals surface area contributed by atoms with Crippen LogP contribution in [0.15, 0.2) is 15.9 Å². The van der Waals surface area contributed by atoms with Crippen molar-refractivity contribution < 1.29 is 0 Å². The summed E-state index contributed by atoms with van der Waals surface area (Å²) in [5.74, 6) is 0.950. The van der Waals surface area contributed by atoms with Gasteiger partial charge in [0.15, 0.2) is 0 Å². The quantitative estimate of drug-likeness (QED) is 0.808. The number of hydrogen-bond donors (Lipinski definition) is 2. The number of rotatable bonds is 5. The van der Waals surface area contributed by atoms with Gasteiger partial charge in [0.2, 0.25) is 0 Å². The van der Waals surface area contributed by atoms with E-state index in [9.17, 15) is 0 Å². The van der Waals surface area contributed by atoms with E-state index in [-0.39, 0.29) is 0 Å². The van der Waals surface area contributed by atoms with E-state index in [1.54, 1.807) is 0 Å². The Morgan fingerprint density at radius 1 is 1.28 bits per heavy atom. The average molecular weight is 329 g/mol. The lowest BCUT2D eigenvalue weighted by Gasteiger charge is -2.29. The van der Waals surface area contributed by atoms with Crippen LogP contribution in [0.2, 0.25) is 0 Å². The molecular weight excluding hydrogens is 308 g/mol. The highest BCUT2D eigenvalue weighted by Crippen LogP contribution is 2.32. The Kier molecular flexibility index (Phi) is 4.39. The standard InChI is InChI=1S/C14H21BrN2S/c15-14-4-3-13(18-14)9-16-6-5-10-7-11-1-2-12(8-10)17-11/h3-4,10-12,16-17H,1-2,5-9H2. The van der Waals surface area contributed by atoms with Gasteiger partial charge in [-0.05, 0) is 72.6 Å². The van der Waals surface area contributed by atoms with Gasteiger partial charge in [-0.2, -0.15) is 0 Å². The van der Waals surface area contributed by atoms with Crippen molar-refractivity contribution in [1.82, 2.24) is 10.6 Å². The van der Waals surface area contributed by atoms with Crippen LogP contribution in [0.4, 0.5) is 0 Å². The van der Waals surface area contributed by atoms with Crippen LogP contribution < -0.4 is 10.6 Å². The summed E-state index contributed by atoms with van der Waals surface area (Å²) >= 11 is 5.34. The molecule has 2 N–H and O–H groups in total. The SMILES string of the molecule is Brc1ccc(CNCCC2CC3CCC(C2)N3)s1. The first-order valence-electron chi connectivity index (χ1n) is 7.00. The molecule has 2 fully saturated rings. The van der Waals surface area contributed by atoms with Gasteiger partial charge in [-0.1, -0.05) is 0 Å². The van der Waals surface area contributed by atoms with Crippen molar-refractivity contribution in [3.63, 3.8) is 0 Å². The van der Waals surface area contributed by atoms with Crippen LogP contribution in [0, 0.1) is 5.92 Å². The molecule has 2 nitrogen and oxygen atoms in total. The molecular formula is C14H21BrN2S. The van der Waals surface area contributed by atoms with Crippen molar-refractivity contribution >= 4 is 27.3 Å². The van der Waals surface area contributed by atoms with E-state index in [0.717, 1.165) is 24.5 Å². The summed E-state index contributed by atoms with van der Waals surface area (Å²) in [5.41, 5.74) is 0. The summed E-state index contributed by atoms with van der Waals surface area (Å²) in [4.78, 5) is 1.42. The zero-order chi connectivity index (χ0) is 12.4. The normalized spacial score (nSPS) is 30.8. The van der Waals surface area contributed by atoms with Gasteiger partial charge in [0, 0.05) is 23.5 Å². The first-order chi connectivity index (χ1) is 8.79. The Bertz CT molecular complexity index is 381. The number of thiophene rings is 1. The second-order valence-corrected chi connectivity index (χ2v) is 8.19. The lowest BCUT2D eigenvalue weighted by Crippen LogP contribution is -2.38. The molecule has 1 aromatic rings. The van der Waals surface area contributed by atoms with E-state index < -0.39 is 0 Å². The van der Waals surface area contributed by atoms with E-state index in [1.807, 2.05) is 11.3 Å². The van der Waals surface area contributed by atoms with Crippen LogP contribution in [0.25, 0.3) is 0 Å². The molecule has 100 valence electrons. The second kappa shape index (κ2) is 6.04. The fourth-order valence-electron chi connectivity index (χ4n) is 3.38. The van der Waals surface area contributed by atoms with Gasteiger partial charge in [0.25, 0.3) is 0 Å². The largest absolute Gasteiger partial charge is 0.312 e. The predicted molar refractivity (Wildman–Crippen MR) is 81.0 cm³/mol. The summed E-state index contributed by atoms with van der Waals surface area (Å²) in [6, 6.07) is 6.00. The van der Waals surface area contributed by atoms with Crippen molar-refractivity contribution in [3.8, 4) is 0 Å². The molecule has 0 amide bonds. The van der Waals surface area contributed by atoms with Crippen LogP contribution in [-0.4, -0.2) is 18.6 Å². The minimum atomic E-state index is 0.835. The third-order valence-electron chi connectivity index (χ3n) is 4.23. The fraction of sp³-hybridized carbons (Fsp3) is 0.714. The number of hydrogen-bond acceptors (Lipinski definition) is 3. The van der Waals surface area contributed by atoms with Gasteiger partial charge < -0.3 is 10.6 Å². The van der Waals surface area contributed by atoms with Crippen molar-refractivity contribution in [2.45, 2.75) is 50.7 Å². The topological polar surface area (TPSA) is 24.1 Å². The Hall–Kier alpha value is 0.1000. The first kappa shape index (κ1) is 13.1. The van der Waals surface area contributed by atoms with Gasteiger partial charge in [-0.15, -0.1) is 11.3 Å². The smallest absolute Gasteiger partial charge is 0.0701 e. The second-order valence-electron chi connectivity index (χ2n) is 5.65. The van der Waals surface area contributed by atoms with Crippen LogP contribution in [0.3, 0.4) is 0 Å². The molecule has 2 aliphatic rings. The third kappa shape index (κ3) is 3.35. The molecule has 0 radical (unpaired) electrons. The Morgan fingerprint density at radius 3 is 2.72 bits per heavy atom. The third-order valence-corrected chi connectivity index (χ3v) is 5.85. The number of nitrogens with one attached hydrogen (secondary N) is 2. The molecule has 18 heavy (non-hydrogen) atoms. The molecule has 2 unspecified atom stereocenters. The number of fused-ring (bicyclic) bond motifs is 2. The lowest BCUT2D eigenvalue weighted by atomic mass is 9.90. The molecule has 2 saturated heterocycles. The molecule has 0 aromatic carbocycles. The summed E-state index contributed by atoms with van der Waals surface area (Å²) in [6.45, 7) is 2.19. The minimum Gasteiger partial charge on any atom is -0.312 e. The summed E-state index contributed by atoms with van der Waals surface area (Å²) in [5, 5.41) is 7.30. The molecule has 3 heterocycles. The minimum absolute atomic E-state index is 0.835. The zero-order valence-corrected chi connectivity index (χ0v) is 13.0. The highest BCUT2D eigenvalue weighted by Gasteiger charge is 2.32. The Labute approximate surface area is 122 Å².